The van der Waals surface area contributed by atoms with Gasteiger partial charge in [-0.3, -0.25) is 14.3 Å². The van der Waals surface area contributed by atoms with E-state index in [0.29, 0.717) is 44.7 Å². The third-order valence-corrected chi connectivity index (χ3v) is 7.13. The number of benzene rings is 1. The molecule has 5 rings (SSSR count). The van der Waals surface area contributed by atoms with Crippen molar-refractivity contribution in [3.05, 3.63) is 47.0 Å². The second kappa shape index (κ2) is 9.97. The zero-order valence-corrected chi connectivity index (χ0v) is 20.4. The number of hydrogen-bond donors (Lipinski definition) is 0. The minimum Gasteiger partial charge on any atom is -0.487 e. The van der Waals surface area contributed by atoms with Crippen LogP contribution in [0.5, 0.6) is 5.75 Å². The summed E-state index contributed by atoms with van der Waals surface area (Å²) in [5.41, 5.74) is 2.49. The Balaban J connectivity index is 1.22. The summed E-state index contributed by atoms with van der Waals surface area (Å²) >= 11 is 0. The lowest BCUT2D eigenvalue weighted by molar-refractivity contribution is -0.133. The molecule has 2 atom stereocenters. The number of hydrogen-bond acceptors (Lipinski definition) is 5. The predicted octanol–water partition coefficient (Wildman–Crippen LogP) is 2.83. The van der Waals surface area contributed by atoms with Gasteiger partial charge in [-0.2, -0.15) is 5.10 Å². The van der Waals surface area contributed by atoms with E-state index in [-0.39, 0.29) is 48.2 Å². The van der Waals surface area contributed by atoms with E-state index in [1.807, 2.05) is 23.6 Å². The molecule has 0 unspecified atom stereocenters. The molecule has 1 aliphatic carbocycles. The van der Waals surface area contributed by atoms with Gasteiger partial charge in [-0.05, 0) is 45.2 Å². The molecule has 9 heteroatoms. The van der Waals surface area contributed by atoms with E-state index in [0.717, 1.165) is 30.5 Å². The van der Waals surface area contributed by atoms with Crippen molar-refractivity contribution >= 4 is 11.8 Å². The zero-order valence-electron chi connectivity index (χ0n) is 20.4. The number of carbonyl (C=O) groups is 2. The quantitative estimate of drug-likeness (QED) is 0.652. The molecule has 0 saturated carbocycles. The Labute approximate surface area is 205 Å². The molecule has 8 nitrogen and oxygen atoms in total. The van der Waals surface area contributed by atoms with Crippen LogP contribution in [0.3, 0.4) is 0 Å². The topological polar surface area (TPSA) is 76.9 Å². The lowest BCUT2D eigenvalue weighted by atomic mass is 10.1. The predicted molar refractivity (Wildman–Crippen MR) is 127 cm³/mol. The van der Waals surface area contributed by atoms with Crippen molar-refractivity contribution in [2.45, 2.75) is 70.8 Å². The number of ether oxygens (including phenoxy) is 2. The number of para-hydroxylation sites is 1. The SMILES string of the molecule is C[C@@H]1CN(C(=O)c2nn(CC(=O)N3CCC(Oc4ccccc4F)CC3)c3c2CCC3)C[C@H](C)O1. The summed E-state index contributed by atoms with van der Waals surface area (Å²) in [6.07, 6.45) is 3.77. The molecule has 0 N–H and O–H groups in total. The van der Waals surface area contributed by atoms with Crippen LogP contribution in [0.15, 0.2) is 24.3 Å². The normalized spacial score (nSPS) is 22.8. The maximum atomic E-state index is 13.9. The Hall–Kier alpha value is -2.94. The van der Waals surface area contributed by atoms with Crippen molar-refractivity contribution < 1.29 is 23.5 Å². The molecule has 188 valence electrons. The van der Waals surface area contributed by atoms with Gasteiger partial charge in [-0.15, -0.1) is 0 Å². The Morgan fingerprint density at radius 1 is 1.09 bits per heavy atom. The molecule has 1 aromatic carbocycles. The molecule has 2 aliphatic heterocycles. The summed E-state index contributed by atoms with van der Waals surface area (Å²) in [4.78, 5) is 30.1. The summed E-state index contributed by atoms with van der Waals surface area (Å²) in [7, 11) is 0. The van der Waals surface area contributed by atoms with Crippen LogP contribution in [0.1, 0.15) is 54.9 Å². The van der Waals surface area contributed by atoms with Gasteiger partial charge in [-0.1, -0.05) is 12.1 Å². The number of amides is 2. The molecule has 3 aliphatic rings. The van der Waals surface area contributed by atoms with Crippen molar-refractivity contribution in [3.63, 3.8) is 0 Å². The van der Waals surface area contributed by atoms with Crippen LogP contribution in [0.25, 0.3) is 0 Å². The van der Waals surface area contributed by atoms with Crippen LogP contribution < -0.4 is 4.74 Å². The van der Waals surface area contributed by atoms with Crippen molar-refractivity contribution in [3.8, 4) is 5.75 Å². The van der Waals surface area contributed by atoms with Crippen LogP contribution in [0.2, 0.25) is 0 Å². The third-order valence-electron chi connectivity index (χ3n) is 7.13. The first-order valence-corrected chi connectivity index (χ1v) is 12.6. The van der Waals surface area contributed by atoms with Gasteiger partial charge in [0.25, 0.3) is 5.91 Å². The lowest BCUT2D eigenvalue weighted by Gasteiger charge is -2.35. The zero-order chi connectivity index (χ0) is 24.5. The summed E-state index contributed by atoms with van der Waals surface area (Å²) in [5, 5.41) is 4.64. The molecular weight excluding hydrogens is 451 g/mol. The third kappa shape index (κ3) is 5.05. The van der Waals surface area contributed by atoms with Gasteiger partial charge < -0.3 is 19.3 Å². The van der Waals surface area contributed by atoms with E-state index in [4.69, 9.17) is 9.47 Å². The molecule has 35 heavy (non-hydrogen) atoms. The van der Waals surface area contributed by atoms with Crippen molar-refractivity contribution in [1.29, 1.82) is 0 Å². The highest BCUT2D eigenvalue weighted by molar-refractivity contribution is 5.94. The number of nitrogens with zero attached hydrogens (tertiary/aromatic N) is 4. The highest BCUT2D eigenvalue weighted by Crippen LogP contribution is 2.28. The Morgan fingerprint density at radius 3 is 2.51 bits per heavy atom. The van der Waals surface area contributed by atoms with Crippen LogP contribution in [-0.4, -0.2) is 75.9 Å². The van der Waals surface area contributed by atoms with E-state index < -0.39 is 0 Å². The van der Waals surface area contributed by atoms with Crippen molar-refractivity contribution in [2.24, 2.45) is 0 Å². The van der Waals surface area contributed by atoms with E-state index in [1.54, 1.807) is 22.9 Å². The highest BCUT2D eigenvalue weighted by Gasteiger charge is 2.33. The minimum atomic E-state index is -0.370. The molecule has 2 amide bonds. The van der Waals surface area contributed by atoms with Gasteiger partial charge in [0, 0.05) is 50.3 Å². The maximum absolute atomic E-state index is 13.9. The number of likely N-dealkylation sites (tertiary alicyclic amines) is 1. The molecule has 0 spiro atoms. The molecule has 3 heterocycles. The number of rotatable bonds is 5. The van der Waals surface area contributed by atoms with Crippen molar-refractivity contribution in [1.82, 2.24) is 19.6 Å². The number of morpholine rings is 1. The first-order valence-electron chi connectivity index (χ1n) is 12.6. The molecule has 2 fully saturated rings. The molecule has 0 bridgehead atoms. The van der Waals surface area contributed by atoms with Crippen LogP contribution in [-0.2, 0) is 28.9 Å². The summed E-state index contributed by atoms with van der Waals surface area (Å²) in [6, 6.07) is 6.40. The average molecular weight is 485 g/mol. The first kappa shape index (κ1) is 23.8. The van der Waals surface area contributed by atoms with Crippen LogP contribution in [0, 0.1) is 5.82 Å². The van der Waals surface area contributed by atoms with Crippen LogP contribution >= 0.6 is 0 Å². The maximum Gasteiger partial charge on any atom is 0.274 e. The van der Waals surface area contributed by atoms with Gasteiger partial charge in [0.05, 0.1) is 12.2 Å². The van der Waals surface area contributed by atoms with E-state index >= 15 is 0 Å². The largest absolute Gasteiger partial charge is 0.487 e. The van der Waals surface area contributed by atoms with Crippen LogP contribution in [0.4, 0.5) is 4.39 Å². The second-order valence-electron chi connectivity index (χ2n) is 9.88. The standard InChI is InChI=1S/C26H33FN4O4/c1-17-14-30(15-18(2)34-17)26(33)25-20-6-5-8-22(20)31(28-25)16-24(32)29-12-10-19(11-13-29)35-23-9-4-3-7-21(23)27/h3-4,7,9,17-19H,5-6,8,10-16H2,1-2H3/t17-,18+. The molecule has 2 aromatic rings. The number of halogens is 1. The number of aromatic nitrogens is 2. The molecular formula is C26H33FN4O4. The Kier molecular flexibility index (Phi) is 6.77. The number of fused-ring (bicyclic) bond motifs is 1. The minimum absolute atomic E-state index is 0.00953. The fourth-order valence-electron chi connectivity index (χ4n) is 5.48. The van der Waals surface area contributed by atoms with Gasteiger partial charge >= 0.3 is 0 Å². The first-order chi connectivity index (χ1) is 16.9. The fourth-order valence-corrected chi connectivity index (χ4v) is 5.48. The van der Waals surface area contributed by atoms with E-state index in [9.17, 15) is 14.0 Å². The van der Waals surface area contributed by atoms with Gasteiger partial charge in [0.1, 0.15) is 12.6 Å². The Morgan fingerprint density at radius 2 is 1.80 bits per heavy atom. The second-order valence-corrected chi connectivity index (χ2v) is 9.88. The highest BCUT2D eigenvalue weighted by atomic mass is 19.1. The number of piperidine rings is 1. The summed E-state index contributed by atoms with van der Waals surface area (Å²) < 4.78 is 27.2. The van der Waals surface area contributed by atoms with Crippen molar-refractivity contribution in [2.75, 3.05) is 26.2 Å². The monoisotopic (exact) mass is 484 g/mol. The molecule has 0 radical (unpaired) electrons. The lowest BCUT2D eigenvalue weighted by Crippen LogP contribution is -2.48. The average Bonchev–Trinajstić information content (AvgIpc) is 3.44. The van der Waals surface area contributed by atoms with E-state index in [1.165, 1.54) is 6.07 Å². The Bertz CT molecular complexity index is 1090. The molecule has 1 aromatic heterocycles. The van der Waals surface area contributed by atoms with Gasteiger partial charge in [0.15, 0.2) is 17.3 Å². The smallest absolute Gasteiger partial charge is 0.274 e. The number of carbonyl (C=O) groups excluding carboxylic acids is 2. The van der Waals surface area contributed by atoms with Gasteiger partial charge in [-0.25, -0.2) is 4.39 Å². The van der Waals surface area contributed by atoms with Gasteiger partial charge in [0.2, 0.25) is 5.91 Å². The summed E-state index contributed by atoms with van der Waals surface area (Å²) in [6.45, 7) is 6.28. The summed E-state index contributed by atoms with van der Waals surface area (Å²) in [5.74, 6) is -0.197. The molecule has 2 saturated heterocycles. The van der Waals surface area contributed by atoms with E-state index in [2.05, 4.69) is 5.10 Å². The fraction of sp³-hybridized carbons (Fsp3) is 0.577.